The van der Waals surface area contributed by atoms with Crippen LogP contribution in [-0.4, -0.2) is 4.57 Å². The second kappa shape index (κ2) is 13.9. The molecule has 1 nitrogen and oxygen atoms in total. The molecule has 1 aromatic heterocycles. The standard InChI is InChI=1S/C54H41N/c1-37(39-27-29-43(30-28-39)48-21-12-16-42-15-8-9-19-47(42)48)51(35-38-23-25-41(26-24-38)40-13-4-2-5-14-40)45-32-31-44-33-34-50-49-20-10-11-22-53(49)55(54(50)52(44)36-45)46-17-6-3-7-18-46/h2-34,36-37,51H,35H2,1H3. The van der Waals surface area contributed by atoms with Crippen LogP contribution in [-0.2, 0) is 6.42 Å². The van der Waals surface area contributed by atoms with Crippen LogP contribution in [0.1, 0.15) is 35.4 Å². The van der Waals surface area contributed by atoms with Gasteiger partial charge < -0.3 is 4.57 Å². The van der Waals surface area contributed by atoms with E-state index in [-0.39, 0.29) is 11.8 Å². The number of benzene rings is 9. The van der Waals surface area contributed by atoms with E-state index < -0.39 is 0 Å². The van der Waals surface area contributed by atoms with Crippen LogP contribution in [0.2, 0.25) is 0 Å². The lowest BCUT2D eigenvalue weighted by Crippen LogP contribution is -2.12. The van der Waals surface area contributed by atoms with E-state index in [2.05, 4.69) is 218 Å². The van der Waals surface area contributed by atoms with Crippen LogP contribution in [0.15, 0.2) is 206 Å². The van der Waals surface area contributed by atoms with Gasteiger partial charge in [-0.05, 0) is 97.6 Å². The second-order valence-electron chi connectivity index (χ2n) is 14.9. The third-order valence-electron chi connectivity index (χ3n) is 11.8. The molecule has 0 aliphatic rings. The van der Waals surface area contributed by atoms with Gasteiger partial charge in [0.05, 0.1) is 11.0 Å². The van der Waals surface area contributed by atoms with Gasteiger partial charge in [0, 0.05) is 21.8 Å². The normalized spacial score (nSPS) is 12.7. The first-order valence-corrected chi connectivity index (χ1v) is 19.4. The Hall–Kier alpha value is -6.70. The minimum absolute atomic E-state index is 0.250. The quantitative estimate of drug-likeness (QED) is 0.148. The Labute approximate surface area is 322 Å². The molecule has 2 atom stereocenters. The first-order valence-electron chi connectivity index (χ1n) is 19.4. The SMILES string of the molecule is CC(c1ccc(-c2cccc3ccccc23)cc1)C(Cc1ccc(-c2ccccc2)cc1)c1ccc2ccc3c4ccccc4n(-c4ccccc4)c3c2c1. The Morgan fingerprint density at radius 1 is 0.418 bits per heavy atom. The maximum Gasteiger partial charge on any atom is 0.0619 e. The Kier molecular flexibility index (Phi) is 8.34. The smallest absolute Gasteiger partial charge is 0.0619 e. The molecule has 1 heteroatoms. The minimum Gasteiger partial charge on any atom is -0.309 e. The molecule has 55 heavy (non-hydrogen) atoms. The molecule has 262 valence electrons. The maximum atomic E-state index is 2.50. The predicted octanol–water partition coefficient (Wildman–Crippen LogP) is 14.6. The van der Waals surface area contributed by atoms with E-state index in [4.69, 9.17) is 0 Å². The monoisotopic (exact) mass is 703 g/mol. The highest BCUT2D eigenvalue weighted by molar-refractivity contribution is 6.18. The highest BCUT2D eigenvalue weighted by Gasteiger charge is 2.24. The first kappa shape index (κ1) is 32.9. The predicted molar refractivity (Wildman–Crippen MR) is 234 cm³/mol. The highest BCUT2D eigenvalue weighted by Crippen LogP contribution is 2.41. The second-order valence-corrected chi connectivity index (χ2v) is 14.9. The van der Waals surface area contributed by atoms with E-state index in [1.807, 2.05) is 0 Å². The van der Waals surface area contributed by atoms with Crippen molar-refractivity contribution in [3.63, 3.8) is 0 Å². The lowest BCUT2D eigenvalue weighted by Gasteiger charge is -2.26. The third-order valence-corrected chi connectivity index (χ3v) is 11.8. The van der Waals surface area contributed by atoms with Gasteiger partial charge in [0.15, 0.2) is 0 Å². The van der Waals surface area contributed by atoms with E-state index in [0.29, 0.717) is 0 Å². The van der Waals surface area contributed by atoms with Gasteiger partial charge in [-0.25, -0.2) is 0 Å². The van der Waals surface area contributed by atoms with E-state index >= 15 is 0 Å². The number of hydrogen-bond acceptors (Lipinski definition) is 0. The van der Waals surface area contributed by atoms with Crippen molar-refractivity contribution in [1.29, 1.82) is 0 Å². The van der Waals surface area contributed by atoms with Gasteiger partial charge in [-0.1, -0.05) is 189 Å². The van der Waals surface area contributed by atoms with E-state index in [9.17, 15) is 0 Å². The topological polar surface area (TPSA) is 4.93 Å². The Morgan fingerprint density at radius 2 is 1.02 bits per heavy atom. The summed E-state index contributed by atoms with van der Waals surface area (Å²) in [6.07, 6.45) is 0.935. The lowest BCUT2D eigenvalue weighted by atomic mass is 9.78. The third kappa shape index (κ3) is 5.99. The van der Waals surface area contributed by atoms with Gasteiger partial charge in [0.25, 0.3) is 0 Å². The molecular weight excluding hydrogens is 663 g/mol. The summed E-state index contributed by atoms with van der Waals surface area (Å²) in [7, 11) is 0. The molecule has 0 N–H and O–H groups in total. The van der Waals surface area contributed by atoms with Crippen LogP contribution in [0, 0.1) is 0 Å². The van der Waals surface area contributed by atoms with Crippen molar-refractivity contribution in [2.75, 3.05) is 0 Å². The Morgan fingerprint density at radius 3 is 1.82 bits per heavy atom. The van der Waals surface area contributed by atoms with Gasteiger partial charge >= 0.3 is 0 Å². The fourth-order valence-electron chi connectivity index (χ4n) is 8.85. The van der Waals surface area contributed by atoms with E-state index in [1.54, 1.807) is 0 Å². The number of hydrogen-bond donors (Lipinski definition) is 0. The van der Waals surface area contributed by atoms with Gasteiger partial charge in [-0.3, -0.25) is 0 Å². The van der Waals surface area contributed by atoms with Crippen LogP contribution in [0.3, 0.4) is 0 Å². The van der Waals surface area contributed by atoms with Crippen molar-refractivity contribution in [2.24, 2.45) is 0 Å². The van der Waals surface area contributed by atoms with Crippen LogP contribution < -0.4 is 0 Å². The van der Waals surface area contributed by atoms with Crippen molar-refractivity contribution >= 4 is 43.4 Å². The fourth-order valence-corrected chi connectivity index (χ4v) is 8.85. The molecule has 0 aliphatic carbocycles. The van der Waals surface area contributed by atoms with Gasteiger partial charge in [0.1, 0.15) is 0 Å². The summed E-state index contributed by atoms with van der Waals surface area (Å²) >= 11 is 0. The maximum absolute atomic E-state index is 2.50. The first-order chi connectivity index (χ1) is 27.2. The molecule has 10 aromatic rings. The largest absolute Gasteiger partial charge is 0.309 e. The Bertz CT molecular complexity index is 2930. The number of rotatable bonds is 8. The fraction of sp³-hybridized carbons (Fsp3) is 0.0741. The number of nitrogens with zero attached hydrogens (tertiary/aromatic N) is 1. The molecule has 1 heterocycles. The van der Waals surface area contributed by atoms with Gasteiger partial charge in [-0.2, -0.15) is 0 Å². The zero-order chi connectivity index (χ0) is 36.7. The molecular formula is C54H41N. The molecule has 0 spiro atoms. The molecule has 10 rings (SSSR count). The van der Waals surface area contributed by atoms with Crippen molar-refractivity contribution in [1.82, 2.24) is 4.57 Å². The number of para-hydroxylation sites is 2. The number of aromatic nitrogens is 1. The van der Waals surface area contributed by atoms with Crippen LogP contribution in [0.5, 0.6) is 0 Å². The summed E-state index contributed by atoms with van der Waals surface area (Å²) in [5.74, 6) is 0.521. The average molecular weight is 704 g/mol. The molecule has 9 aromatic carbocycles. The Balaban J connectivity index is 1.10. The van der Waals surface area contributed by atoms with Crippen molar-refractivity contribution in [3.05, 3.63) is 223 Å². The summed E-state index contributed by atoms with van der Waals surface area (Å²) in [6.45, 7) is 2.42. The molecule has 0 amide bonds. The molecule has 2 unspecified atom stereocenters. The zero-order valence-electron chi connectivity index (χ0n) is 30.9. The summed E-state index contributed by atoms with van der Waals surface area (Å²) in [5.41, 5.74) is 12.8. The zero-order valence-corrected chi connectivity index (χ0v) is 30.9. The van der Waals surface area contributed by atoms with Crippen molar-refractivity contribution in [3.8, 4) is 27.9 Å². The van der Waals surface area contributed by atoms with Gasteiger partial charge in [0.2, 0.25) is 0 Å². The van der Waals surface area contributed by atoms with Crippen LogP contribution in [0.4, 0.5) is 0 Å². The van der Waals surface area contributed by atoms with E-state index in [0.717, 1.165) is 6.42 Å². The summed E-state index contributed by atoms with van der Waals surface area (Å²) in [4.78, 5) is 0. The average Bonchev–Trinajstić information content (AvgIpc) is 3.61. The number of fused-ring (bicyclic) bond motifs is 6. The van der Waals surface area contributed by atoms with Crippen LogP contribution >= 0.6 is 0 Å². The molecule has 0 saturated carbocycles. The molecule has 0 saturated heterocycles. The van der Waals surface area contributed by atoms with Crippen molar-refractivity contribution < 1.29 is 0 Å². The van der Waals surface area contributed by atoms with E-state index in [1.165, 1.54) is 88.0 Å². The summed E-state index contributed by atoms with van der Waals surface area (Å²) < 4.78 is 2.46. The van der Waals surface area contributed by atoms with Crippen molar-refractivity contribution in [2.45, 2.75) is 25.2 Å². The minimum atomic E-state index is 0.250. The highest BCUT2D eigenvalue weighted by atomic mass is 15.0. The van der Waals surface area contributed by atoms with Gasteiger partial charge in [-0.15, -0.1) is 0 Å². The molecule has 0 fully saturated rings. The summed E-state index contributed by atoms with van der Waals surface area (Å²) in [5, 5.41) is 7.68. The van der Waals surface area contributed by atoms with Crippen LogP contribution in [0.25, 0.3) is 71.3 Å². The molecule has 0 bridgehead atoms. The lowest BCUT2D eigenvalue weighted by molar-refractivity contribution is 0.573. The molecule has 0 radical (unpaired) electrons. The molecule has 0 aliphatic heterocycles. The summed E-state index contributed by atoms with van der Waals surface area (Å²) in [6, 6.07) is 76.0.